The summed E-state index contributed by atoms with van der Waals surface area (Å²) in [6.07, 6.45) is 3.95. The first-order chi connectivity index (χ1) is 12.4. The van der Waals surface area contributed by atoms with Crippen LogP contribution >= 0.6 is 15.9 Å². The Balaban J connectivity index is 1.73. The van der Waals surface area contributed by atoms with Gasteiger partial charge in [-0.15, -0.1) is 0 Å². The largest absolute Gasteiger partial charge is 0.322 e. The average molecular weight is 437 g/mol. The van der Waals surface area contributed by atoms with Crippen LogP contribution < -0.4 is 5.32 Å². The third-order valence-electron chi connectivity index (χ3n) is 4.73. The van der Waals surface area contributed by atoms with Gasteiger partial charge in [-0.1, -0.05) is 28.8 Å². The number of hydrogen-bond donors (Lipinski definition) is 1. The number of amides is 1. The Morgan fingerprint density at radius 1 is 1.04 bits per heavy atom. The van der Waals surface area contributed by atoms with Gasteiger partial charge in [-0.3, -0.25) is 4.79 Å². The van der Waals surface area contributed by atoms with E-state index in [9.17, 15) is 13.2 Å². The van der Waals surface area contributed by atoms with E-state index in [0.29, 0.717) is 11.3 Å². The molecule has 0 radical (unpaired) electrons. The second-order valence-electron chi connectivity index (χ2n) is 6.44. The maximum absolute atomic E-state index is 12.7. The molecule has 0 unspecified atom stereocenters. The molecule has 3 rings (SSSR count). The molecule has 1 N–H and O–H groups in total. The molecule has 2 aromatic carbocycles. The summed E-state index contributed by atoms with van der Waals surface area (Å²) in [6, 6.07) is 13.4. The van der Waals surface area contributed by atoms with E-state index < -0.39 is 10.0 Å². The monoisotopic (exact) mass is 436 g/mol. The molecule has 0 aromatic heterocycles. The van der Waals surface area contributed by atoms with Gasteiger partial charge in [0.25, 0.3) is 5.91 Å². The molecule has 1 aliphatic carbocycles. The van der Waals surface area contributed by atoms with Crippen LogP contribution in [0.4, 0.5) is 5.69 Å². The highest BCUT2D eigenvalue weighted by Gasteiger charge is 2.29. The number of anilines is 1. The summed E-state index contributed by atoms with van der Waals surface area (Å²) < 4.78 is 27.9. The molecule has 0 saturated heterocycles. The molecular weight excluding hydrogens is 416 g/mol. The number of rotatable bonds is 5. The second kappa shape index (κ2) is 7.90. The van der Waals surface area contributed by atoms with Crippen molar-refractivity contribution in [1.29, 1.82) is 0 Å². The Kier molecular flexibility index (Phi) is 5.79. The van der Waals surface area contributed by atoms with Crippen LogP contribution in [0.25, 0.3) is 0 Å². The van der Waals surface area contributed by atoms with Crippen molar-refractivity contribution in [3.8, 4) is 0 Å². The van der Waals surface area contributed by atoms with Gasteiger partial charge in [0.15, 0.2) is 0 Å². The number of nitrogens with zero attached hydrogens (tertiary/aromatic N) is 1. The van der Waals surface area contributed by atoms with Gasteiger partial charge in [-0.25, -0.2) is 8.42 Å². The first-order valence-corrected chi connectivity index (χ1v) is 10.8. The number of benzene rings is 2. The van der Waals surface area contributed by atoms with Crippen LogP contribution in [0.3, 0.4) is 0 Å². The molecule has 1 fully saturated rings. The van der Waals surface area contributed by atoms with Crippen molar-refractivity contribution < 1.29 is 13.2 Å². The molecule has 0 aliphatic heterocycles. The van der Waals surface area contributed by atoms with Gasteiger partial charge < -0.3 is 5.32 Å². The minimum Gasteiger partial charge on any atom is -0.322 e. The number of carbonyl (C=O) groups excluding carboxylic acids is 1. The zero-order valence-electron chi connectivity index (χ0n) is 14.5. The maximum Gasteiger partial charge on any atom is 0.255 e. The number of halogens is 1. The van der Waals surface area contributed by atoms with E-state index in [2.05, 4.69) is 21.2 Å². The Morgan fingerprint density at radius 3 is 2.19 bits per heavy atom. The number of carbonyl (C=O) groups is 1. The van der Waals surface area contributed by atoms with Crippen molar-refractivity contribution >= 4 is 37.5 Å². The van der Waals surface area contributed by atoms with Crippen LogP contribution in [0.1, 0.15) is 36.0 Å². The van der Waals surface area contributed by atoms with Crippen molar-refractivity contribution in [2.24, 2.45) is 0 Å². The van der Waals surface area contributed by atoms with Crippen molar-refractivity contribution in [3.05, 3.63) is 58.6 Å². The van der Waals surface area contributed by atoms with Gasteiger partial charge in [0.1, 0.15) is 0 Å². The van der Waals surface area contributed by atoms with Crippen LogP contribution in [0.5, 0.6) is 0 Å². The van der Waals surface area contributed by atoms with Crippen LogP contribution in [-0.2, 0) is 10.0 Å². The summed E-state index contributed by atoms with van der Waals surface area (Å²) in [5, 5.41) is 2.79. The maximum atomic E-state index is 12.7. The Labute approximate surface area is 162 Å². The lowest BCUT2D eigenvalue weighted by Gasteiger charge is -2.23. The fourth-order valence-electron chi connectivity index (χ4n) is 3.15. The van der Waals surface area contributed by atoms with Crippen molar-refractivity contribution in [2.45, 2.75) is 36.6 Å². The van der Waals surface area contributed by atoms with Crippen molar-refractivity contribution in [3.63, 3.8) is 0 Å². The quantitative estimate of drug-likeness (QED) is 0.760. The first kappa shape index (κ1) is 19.1. The molecule has 1 amide bonds. The molecule has 0 atom stereocenters. The van der Waals surface area contributed by atoms with Gasteiger partial charge in [0.2, 0.25) is 10.0 Å². The Hall–Kier alpha value is -1.70. The summed E-state index contributed by atoms with van der Waals surface area (Å²) in [7, 11) is -1.89. The molecule has 2 aromatic rings. The van der Waals surface area contributed by atoms with E-state index in [1.165, 1.54) is 16.4 Å². The smallest absolute Gasteiger partial charge is 0.255 e. The molecule has 1 aliphatic rings. The molecular formula is C19H21BrN2O3S. The molecule has 138 valence electrons. The Morgan fingerprint density at radius 2 is 1.62 bits per heavy atom. The molecule has 0 bridgehead atoms. The van der Waals surface area contributed by atoms with Crippen LogP contribution in [-0.4, -0.2) is 31.7 Å². The van der Waals surface area contributed by atoms with Gasteiger partial charge in [0.05, 0.1) is 4.90 Å². The zero-order chi connectivity index (χ0) is 18.7. The van der Waals surface area contributed by atoms with E-state index in [4.69, 9.17) is 0 Å². The highest BCUT2D eigenvalue weighted by Crippen LogP contribution is 2.27. The lowest BCUT2D eigenvalue weighted by atomic mass is 10.2. The van der Waals surface area contributed by atoms with Gasteiger partial charge in [0, 0.05) is 28.8 Å². The summed E-state index contributed by atoms with van der Waals surface area (Å²) in [5.41, 5.74) is 1.09. The summed E-state index contributed by atoms with van der Waals surface area (Å²) in [4.78, 5) is 12.5. The van der Waals surface area contributed by atoms with Crippen molar-refractivity contribution in [1.82, 2.24) is 4.31 Å². The van der Waals surface area contributed by atoms with Crippen LogP contribution in [0.2, 0.25) is 0 Å². The average Bonchev–Trinajstić information content (AvgIpc) is 3.17. The molecule has 0 heterocycles. The van der Waals surface area contributed by atoms with E-state index in [1.807, 2.05) is 12.1 Å². The highest BCUT2D eigenvalue weighted by atomic mass is 79.9. The predicted molar refractivity (Wildman–Crippen MR) is 106 cm³/mol. The third kappa shape index (κ3) is 4.16. The summed E-state index contributed by atoms with van der Waals surface area (Å²) in [5.74, 6) is -0.277. The molecule has 26 heavy (non-hydrogen) atoms. The van der Waals surface area contributed by atoms with Crippen LogP contribution in [0, 0.1) is 0 Å². The second-order valence-corrected chi connectivity index (χ2v) is 9.36. The molecule has 7 heteroatoms. The minimum absolute atomic E-state index is 0.0698. The standard InChI is InChI=1S/C19H21BrN2O3S/c1-22(17-4-2-3-5-17)26(24,25)18-12-6-14(7-13-18)19(23)21-16-10-8-15(20)9-11-16/h6-13,17H,2-5H2,1H3,(H,21,23). The first-order valence-electron chi connectivity index (χ1n) is 8.53. The number of hydrogen-bond acceptors (Lipinski definition) is 3. The predicted octanol–water partition coefficient (Wildman–Crippen LogP) is 4.26. The highest BCUT2D eigenvalue weighted by molar-refractivity contribution is 9.10. The van der Waals surface area contributed by atoms with E-state index >= 15 is 0 Å². The van der Waals surface area contributed by atoms with E-state index in [0.717, 1.165) is 30.2 Å². The normalized spacial score (nSPS) is 15.3. The van der Waals surface area contributed by atoms with Gasteiger partial charge >= 0.3 is 0 Å². The molecule has 5 nitrogen and oxygen atoms in total. The SMILES string of the molecule is CN(C1CCCC1)S(=O)(=O)c1ccc(C(=O)Nc2ccc(Br)cc2)cc1. The zero-order valence-corrected chi connectivity index (χ0v) is 16.9. The van der Waals surface area contributed by atoms with Gasteiger partial charge in [-0.2, -0.15) is 4.31 Å². The Bertz CT molecular complexity index is 874. The lowest BCUT2D eigenvalue weighted by Crippen LogP contribution is -2.35. The molecule has 0 spiro atoms. The third-order valence-corrected chi connectivity index (χ3v) is 7.19. The number of nitrogens with one attached hydrogen (secondary N) is 1. The fourth-order valence-corrected chi connectivity index (χ4v) is 4.83. The summed E-state index contributed by atoms with van der Waals surface area (Å²) in [6.45, 7) is 0. The number of sulfonamides is 1. The van der Waals surface area contributed by atoms with Gasteiger partial charge in [-0.05, 0) is 61.4 Å². The van der Waals surface area contributed by atoms with Crippen molar-refractivity contribution in [2.75, 3.05) is 12.4 Å². The molecule has 1 saturated carbocycles. The van der Waals surface area contributed by atoms with E-state index in [-0.39, 0.29) is 16.8 Å². The topological polar surface area (TPSA) is 66.5 Å². The summed E-state index contributed by atoms with van der Waals surface area (Å²) >= 11 is 3.35. The van der Waals surface area contributed by atoms with E-state index in [1.54, 1.807) is 31.3 Å². The minimum atomic E-state index is -3.53. The van der Waals surface area contributed by atoms with Crippen LogP contribution in [0.15, 0.2) is 57.9 Å². The fraction of sp³-hybridized carbons (Fsp3) is 0.316. The lowest BCUT2D eigenvalue weighted by molar-refractivity contribution is 0.102.